The van der Waals surface area contributed by atoms with Crippen LogP contribution >= 0.6 is 23.2 Å². The number of hydrogen-bond acceptors (Lipinski definition) is 0. The number of benzene rings is 4. The molecule has 0 heterocycles. The minimum absolute atomic E-state index is 0.0332. The first-order chi connectivity index (χ1) is 19.9. The number of allylic oxidation sites excluding steroid dienone is 4. The van der Waals surface area contributed by atoms with E-state index in [-0.39, 0.29) is 10.8 Å². The zero-order valence-electron chi connectivity index (χ0n) is 25.4. The summed E-state index contributed by atoms with van der Waals surface area (Å²) in [4.78, 5) is 0. The third-order valence-electron chi connectivity index (χ3n) is 8.63. The molecule has 0 atom stereocenters. The molecule has 0 amide bonds. The fraction of sp³-hybridized carbons (Fsp3) is 0.256. The predicted molar refractivity (Wildman–Crippen MR) is 180 cm³/mol. The maximum absolute atomic E-state index is 6.42. The number of fused-ring (bicyclic) bond motifs is 3. The zero-order valence-corrected chi connectivity index (χ0v) is 29.4. The quantitative estimate of drug-likeness (QED) is 0.179. The van der Waals surface area contributed by atoms with Crippen LogP contribution in [-0.4, -0.2) is 3.21 Å². The molecule has 2 aliphatic rings. The SMILES string of the molecule is CC(C)(C)c1ccc2c(c1)-c1cc(C(C)(C)C)c[c]([Zr]([C]3=CC=CC3)=[C](c3ccc(Cl)cc3)c3ccc(Cl)cc3)c1C2. The van der Waals surface area contributed by atoms with Gasteiger partial charge in [0.25, 0.3) is 0 Å². The fourth-order valence-corrected chi connectivity index (χ4v) is 14.4. The van der Waals surface area contributed by atoms with E-state index in [1.807, 2.05) is 24.3 Å². The van der Waals surface area contributed by atoms with Crippen molar-refractivity contribution < 1.29 is 21.3 Å². The van der Waals surface area contributed by atoms with E-state index in [2.05, 4.69) is 114 Å². The van der Waals surface area contributed by atoms with E-state index in [1.54, 1.807) is 6.55 Å². The zero-order chi connectivity index (χ0) is 29.8. The molecule has 0 aromatic heterocycles. The Labute approximate surface area is 269 Å². The van der Waals surface area contributed by atoms with Gasteiger partial charge in [0.15, 0.2) is 0 Å². The molecule has 0 radical (unpaired) electrons. The van der Waals surface area contributed by atoms with Crippen molar-refractivity contribution in [2.45, 2.75) is 65.2 Å². The van der Waals surface area contributed by atoms with E-state index in [9.17, 15) is 0 Å². The summed E-state index contributed by atoms with van der Waals surface area (Å²) in [6.45, 7) is 14.0. The molecule has 0 fully saturated rings. The van der Waals surface area contributed by atoms with Crippen molar-refractivity contribution in [2.24, 2.45) is 0 Å². The molecule has 3 heteroatoms. The fourth-order valence-electron chi connectivity index (χ4n) is 6.19. The van der Waals surface area contributed by atoms with E-state index in [4.69, 9.17) is 23.2 Å². The molecule has 0 N–H and O–H groups in total. The third-order valence-corrected chi connectivity index (χ3v) is 16.7. The van der Waals surface area contributed by atoms with Gasteiger partial charge >= 0.3 is 271 Å². The summed E-state index contributed by atoms with van der Waals surface area (Å²) in [6.07, 6.45) is 9.02. The predicted octanol–water partition coefficient (Wildman–Crippen LogP) is 10.5. The monoisotopic (exact) mass is 666 g/mol. The van der Waals surface area contributed by atoms with Crippen molar-refractivity contribution in [1.29, 1.82) is 0 Å². The van der Waals surface area contributed by atoms with Gasteiger partial charge in [-0.15, -0.1) is 0 Å². The van der Waals surface area contributed by atoms with Gasteiger partial charge in [0.2, 0.25) is 0 Å². The molecular weight excluding hydrogens is 631 g/mol. The van der Waals surface area contributed by atoms with Crippen LogP contribution in [-0.2, 0) is 38.5 Å². The van der Waals surface area contributed by atoms with Gasteiger partial charge in [-0.25, -0.2) is 0 Å². The Hall–Kier alpha value is -2.31. The second-order valence-corrected chi connectivity index (χ2v) is 20.5. The first-order valence-corrected chi connectivity index (χ1v) is 19.3. The topological polar surface area (TPSA) is 0 Å². The van der Waals surface area contributed by atoms with Crippen molar-refractivity contribution in [3.63, 3.8) is 0 Å². The van der Waals surface area contributed by atoms with Crippen LogP contribution < -0.4 is 3.27 Å². The summed E-state index contributed by atoms with van der Waals surface area (Å²) >= 11 is 10.1. The Morgan fingerprint density at radius 3 is 1.76 bits per heavy atom. The summed E-state index contributed by atoms with van der Waals surface area (Å²) in [5.74, 6) is 0. The second-order valence-electron chi connectivity index (χ2n) is 13.7. The van der Waals surface area contributed by atoms with E-state index in [0.29, 0.717) is 0 Å². The summed E-state index contributed by atoms with van der Waals surface area (Å²) < 4.78 is 4.69. The van der Waals surface area contributed by atoms with Crippen LogP contribution in [0.25, 0.3) is 11.1 Å². The Kier molecular flexibility index (Phi) is 8.02. The van der Waals surface area contributed by atoms with Crippen molar-refractivity contribution >= 4 is 29.7 Å². The van der Waals surface area contributed by atoms with Crippen LogP contribution in [0.5, 0.6) is 0 Å². The molecule has 0 spiro atoms. The molecule has 2 aliphatic carbocycles. The van der Waals surface area contributed by atoms with Crippen molar-refractivity contribution in [3.8, 4) is 11.1 Å². The van der Waals surface area contributed by atoms with Crippen LogP contribution in [0.1, 0.15) is 81.3 Å². The molecule has 0 aliphatic heterocycles. The summed E-state index contributed by atoms with van der Waals surface area (Å²) in [5.41, 5.74) is 11.3. The minimum atomic E-state index is -2.78. The van der Waals surface area contributed by atoms with E-state index >= 15 is 0 Å². The summed E-state index contributed by atoms with van der Waals surface area (Å²) in [5, 5.41) is 1.53. The average molecular weight is 669 g/mol. The van der Waals surface area contributed by atoms with Crippen molar-refractivity contribution in [2.75, 3.05) is 0 Å². The van der Waals surface area contributed by atoms with E-state index in [0.717, 1.165) is 22.9 Å². The number of halogens is 2. The van der Waals surface area contributed by atoms with Gasteiger partial charge in [-0.2, -0.15) is 0 Å². The molecular formula is C39H38Cl2Zr. The molecule has 4 aromatic carbocycles. The Balaban J connectivity index is 1.72. The molecule has 0 bridgehead atoms. The first-order valence-electron chi connectivity index (χ1n) is 14.8. The van der Waals surface area contributed by atoms with Crippen LogP contribution in [0.15, 0.2) is 100 Å². The number of hydrogen-bond donors (Lipinski definition) is 0. The van der Waals surface area contributed by atoms with Gasteiger partial charge in [-0.05, 0) is 0 Å². The summed E-state index contributed by atoms with van der Waals surface area (Å²) in [7, 11) is 0. The molecule has 0 unspecified atom stereocenters. The second kappa shape index (κ2) is 11.3. The Morgan fingerprint density at radius 2 is 1.24 bits per heavy atom. The van der Waals surface area contributed by atoms with E-state index < -0.39 is 21.3 Å². The molecule has 0 nitrogen and oxygen atoms in total. The van der Waals surface area contributed by atoms with Crippen molar-refractivity contribution in [3.05, 3.63) is 144 Å². The normalized spacial score (nSPS) is 14.0. The number of rotatable bonds is 4. The van der Waals surface area contributed by atoms with Gasteiger partial charge < -0.3 is 0 Å². The van der Waals surface area contributed by atoms with Gasteiger partial charge in [-0.3, -0.25) is 0 Å². The first kappa shape index (κ1) is 29.8. The molecule has 0 saturated heterocycles. The molecule has 212 valence electrons. The molecule has 4 aromatic rings. The molecule has 42 heavy (non-hydrogen) atoms. The van der Waals surface area contributed by atoms with Crippen molar-refractivity contribution in [1.82, 2.24) is 0 Å². The van der Waals surface area contributed by atoms with Crippen LogP contribution in [0.3, 0.4) is 0 Å². The molecule has 0 saturated carbocycles. The average Bonchev–Trinajstić information content (AvgIpc) is 3.60. The third kappa shape index (κ3) is 5.78. The van der Waals surface area contributed by atoms with Gasteiger partial charge in [0, 0.05) is 0 Å². The maximum atomic E-state index is 6.42. The molecule has 6 rings (SSSR count). The van der Waals surface area contributed by atoms with Gasteiger partial charge in [-0.1, -0.05) is 0 Å². The summed E-state index contributed by atoms with van der Waals surface area (Å²) in [6, 6.07) is 29.3. The van der Waals surface area contributed by atoms with Crippen LogP contribution in [0, 0.1) is 0 Å². The van der Waals surface area contributed by atoms with Crippen LogP contribution in [0.2, 0.25) is 10.0 Å². The standard InChI is InChI=1S/C21H25.C13H8Cl2.C5H5.Zr/c1-20(2,3)16-9-7-14-11-15-8-10-17(21(4,5)6)13-19(15)18(14)12-16;14-12-5-1-10(2-6-12)9-11-3-7-13(15)8-4-11;1-2-4-5-3-1;/h7,9-10,12-13H,11H2,1-6H3;1-8H;1-3H,4H2;. The van der Waals surface area contributed by atoms with Crippen LogP contribution in [0.4, 0.5) is 0 Å². The van der Waals surface area contributed by atoms with Gasteiger partial charge in [0.05, 0.1) is 0 Å². The van der Waals surface area contributed by atoms with E-state index in [1.165, 1.54) is 47.7 Å². The Bertz CT molecular complexity index is 1720. The van der Waals surface area contributed by atoms with Gasteiger partial charge in [0.1, 0.15) is 0 Å². The Morgan fingerprint density at radius 1 is 0.667 bits per heavy atom.